The Balaban J connectivity index is 2.23. The quantitative estimate of drug-likeness (QED) is 0.0266. The van der Waals surface area contributed by atoms with E-state index >= 15 is 0 Å². The Morgan fingerprint density at radius 3 is 1.59 bits per heavy atom. The number of nitrogens with zero attached hydrogens (tertiary/aromatic N) is 4. The van der Waals surface area contributed by atoms with E-state index in [2.05, 4.69) is 41.9 Å². The van der Waals surface area contributed by atoms with Crippen LogP contribution in [0, 0.1) is 24.7 Å². The first kappa shape index (κ1) is 49.9. The van der Waals surface area contributed by atoms with Crippen LogP contribution < -0.4 is 65.9 Å². The maximum Gasteiger partial charge on any atom is 0.328 e. The fourth-order valence-electron chi connectivity index (χ4n) is 5.56. The van der Waals surface area contributed by atoms with Crippen molar-refractivity contribution in [3.8, 4) is 0 Å². The monoisotopic (exact) mass is 860 g/mol. The summed E-state index contributed by atoms with van der Waals surface area (Å²) in [5.74, 6) is -4.77. The highest BCUT2D eigenvalue weighted by atomic mass is 16.2. The molecule has 26 heteroatoms. The van der Waals surface area contributed by atoms with Crippen molar-refractivity contribution in [1.29, 1.82) is 10.8 Å². The second kappa shape index (κ2) is 24.6. The second-order valence-corrected chi connectivity index (χ2v) is 13.9. The first-order chi connectivity index (χ1) is 28.7. The number of hydrogen-bond donors (Lipinski definition) is 12. The molecule has 0 bridgehead atoms. The lowest BCUT2D eigenvalue weighted by atomic mass is 10.1. The number of amides is 6. The van der Waals surface area contributed by atoms with Crippen LogP contribution in [0.15, 0.2) is 31.6 Å². The summed E-state index contributed by atoms with van der Waals surface area (Å²) in [5.41, 5.74) is 8.01. The van der Waals surface area contributed by atoms with Gasteiger partial charge in [0.15, 0.2) is 11.9 Å². The predicted molar refractivity (Wildman–Crippen MR) is 220 cm³/mol. The third-order valence-corrected chi connectivity index (χ3v) is 8.79. The molecular weight excluding hydrogens is 804 g/mol. The van der Waals surface area contributed by atoms with Gasteiger partial charge in [-0.15, -0.1) is 0 Å². The van der Waals surface area contributed by atoms with Crippen LogP contribution in [0.3, 0.4) is 0 Å². The van der Waals surface area contributed by atoms with E-state index in [1.807, 2.05) is 0 Å². The summed E-state index contributed by atoms with van der Waals surface area (Å²) >= 11 is 0. The number of aryl methyl sites for hydroxylation is 2. The molecule has 6 amide bonds. The third kappa shape index (κ3) is 17.6. The number of aromatic amines is 2. The predicted octanol–water partition coefficient (Wildman–Crippen LogP) is -6.26. The van der Waals surface area contributed by atoms with Gasteiger partial charge in [-0.2, -0.15) is 0 Å². The molecule has 0 aliphatic rings. The van der Waals surface area contributed by atoms with Crippen LogP contribution in [-0.2, 0) is 41.9 Å². The molecule has 14 N–H and O–H groups in total. The number of likely N-dealkylation sites (N-methyl/N-ethyl adjacent to an activating group) is 2. The number of carbonyl (C=O) groups is 6. The topological polar surface area (TPSA) is 391 Å². The highest BCUT2D eigenvalue weighted by Crippen LogP contribution is 2.02. The van der Waals surface area contributed by atoms with E-state index in [1.165, 1.54) is 33.3 Å². The van der Waals surface area contributed by atoms with E-state index in [-0.39, 0.29) is 75.0 Å². The Labute approximate surface area is 348 Å². The van der Waals surface area contributed by atoms with Gasteiger partial charge in [0, 0.05) is 63.3 Å². The SMILES string of the molecule is CCNC(=O)C(CCCNC(=N)N)NC(=O)CN(CCNC(=O)C(CCCNC(=N)N)NC(=O)CN(C)C(=O)Cn1cc(C)c(=O)[nH]c1=O)C(=O)Cn1cc(C)c(=O)[nH]c1=O. The van der Waals surface area contributed by atoms with E-state index < -0.39 is 96.2 Å². The van der Waals surface area contributed by atoms with E-state index in [1.54, 1.807) is 6.92 Å². The molecule has 61 heavy (non-hydrogen) atoms. The van der Waals surface area contributed by atoms with Crippen LogP contribution in [0.25, 0.3) is 0 Å². The summed E-state index contributed by atoms with van der Waals surface area (Å²) in [7, 11) is 1.30. The molecular formula is C35H56N16O10. The van der Waals surface area contributed by atoms with Gasteiger partial charge >= 0.3 is 11.4 Å². The molecule has 0 saturated carbocycles. The molecule has 0 radical (unpaired) electrons. The molecule has 2 unspecified atom stereocenters. The lowest BCUT2D eigenvalue weighted by Crippen LogP contribution is -2.53. The Kier molecular flexibility index (Phi) is 20.1. The van der Waals surface area contributed by atoms with Gasteiger partial charge in [0.05, 0.1) is 13.1 Å². The van der Waals surface area contributed by atoms with Gasteiger partial charge in [-0.1, -0.05) is 0 Å². The van der Waals surface area contributed by atoms with Crippen LogP contribution in [0.5, 0.6) is 0 Å². The van der Waals surface area contributed by atoms with Gasteiger partial charge < -0.3 is 53.2 Å². The minimum atomic E-state index is -1.21. The Bertz CT molecular complexity index is 2160. The third-order valence-electron chi connectivity index (χ3n) is 8.79. The zero-order chi connectivity index (χ0) is 45.8. The first-order valence-electron chi connectivity index (χ1n) is 19.1. The first-order valence-corrected chi connectivity index (χ1v) is 19.1. The van der Waals surface area contributed by atoms with Gasteiger partial charge in [0.1, 0.15) is 25.2 Å². The van der Waals surface area contributed by atoms with Gasteiger partial charge in [-0.25, -0.2) is 9.59 Å². The maximum absolute atomic E-state index is 13.6. The summed E-state index contributed by atoms with van der Waals surface area (Å²) in [4.78, 5) is 134. The molecule has 0 saturated heterocycles. The highest BCUT2D eigenvalue weighted by Gasteiger charge is 2.26. The van der Waals surface area contributed by atoms with Crippen LogP contribution >= 0.6 is 0 Å². The molecule has 2 aromatic heterocycles. The van der Waals surface area contributed by atoms with Crippen LogP contribution in [0.2, 0.25) is 0 Å². The van der Waals surface area contributed by atoms with Crippen molar-refractivity contribution in [2.24, 2.45) is 11.5 Å². The van der Waals surface area contributed by atoms with E-state index in [0.29, 0.717) is 6.42 Å². The number of H-pyrrole nitrogens is 2. The average molecular weight is 861 g/mol. The Morgan fingerprint density at radius 1 is 0.689 bits per heavy atom. The van der Waals surface area contributed by atoms with Gasteiger partial charge in [0.2, 0.25) is 35.4 Å². The van der Waals surface area contributed by atoms with Crippen LogP contribution in [0.1, 0.15) is 43.7 Å². The summed E-state index contributed by atoms with van der Waals surface area (Å²) in [6, 6.07) is -2.24. The smallest absolute Gasteiger partial charge is 0.328 e. The van der Waals surface area contributed by atoms with Gasteiger partial charge in [0.25, 0.3) is 11.1 Å². The standard InChI is InChI=1S/C35H56N16O10/c1-5-40-30(58)22(8-6-10-42-32(36)37)45-25(53)17-49(27(55)19-51-15-21(3)29(57)47-35(51)61)13-12-41-31(59)23(9-7-11-43-33(38)39)44-24(52)16-48(4)26(54)18-50-14-20(2)28(56)46-34(50)60/h14-15,22-23H,5-13,16-19H2,1-4H3,(H,40,58)(H,41,59)(H,44,52)(H,45,53)(H4,36,37,42)(H4,38,39,43)(H,46,56,60)(H,47,57,61). The number of hydrogen-bond acceptors (Lipinski definition) is 12. The number of carbonyl (C=O) groups excluding carboxylic acids is 6. The molecule has 0 spiro atoms. The van der Waals surface area contributed by atoms with E-state index in [9.17, 15) is 47.9 Å². The zero-order valence-electron chi connectivity index (χ0n) is 34.5. The lowest BCUT2D eigenvalue weighted by Gasteiger charge is -2.26. The van der Waals surface area contributed by atoms with Crippen LogP contribution in [0.4, 0.5) is 0 Å². The molecule has 0 aromatic carbocycles. The molecule has 2 atom stereocenters. The number of aromatic nitrogens is 4. The normalized spacial score (nSPS) is 11.6. The fraction of sp³-hybridized carbons (Fsp3) is 0.543. The van der Waals surface area contributed by atoms with Gasteiger partial charge in [-0.05, 0) is 46.5 Å². The fourth-order valence-corrected chi connectivity index (χ4v) is 5.56. The minimum absolute atomic E-state index is 0.0181. The molecule has 0 fully saturated rings. The van der Waals surface area contributed by atoms with Crippen LogP contribution in [-0.4, -0.2) is 141 Å². The Morgan fingerprint density at radius 2 is 1.13 bits per heavy atom. The molecule has 0 aliphatic heterocycles. The summed E-state index contributed by atoms with van der Waals surface area (Å²) < 4.78 is 1.91. The van der Waals surface area contributed by atoms with E-state index in [0.717, 1.165) is 18.9 Å². The second-order valence-electron chi connectivity index (χ2n) is 13.9. The number of rotatable bonds is 24. The number of nitrogens with two attached hydrogens (primary N) is 2. The van der Waals surface area contributed by atoms with Crippen molar-refractivity contribution < 1.29 is 28.8 Å². The van der Waals surface area contributed by atoms with Crippen molar-refractivity contribution in [3.05, 3.63) is 65.2 Å². The van der Waals surface area contributed by atoms with Gasteiger partial charge in [-0.3, -0.25) is 68.3 Å². The van der Waals surface area contributed by atoms with Crippen molar-refractivity contribution in [3.63, 3.8) is 0 Å². The molecule has 2 rings (SSSR count). The summed E-state index contributed by atoms with van der Waals surface area (Å²) in [6.07, 6.45) is 3.10. The van der Waals surface area contributed by atoms with Crippen molar-refractivity contribution in [2.45, 2.75) is 71.6 Å². The summed E-state index contributed by atoms with van der Waals surface area (Å²) in [5, 5.41) is 30.2. The zero-order valence-corrected chi connectivity index (χ0v) is 34.5. The van der Waals surface area contributed by atoms with E-state index in [4.69, 9.17) is 22.3 Å². The Hall–Kier alpha value is -7.28. The van der Waals surface area contributed by atoms with Crippen molar-refractivity contribution in [1.82, 2.24) is 60.8 Å². The van der Waals surface area contributed by atoms with Crippen molar-refractivity contribution in [2.75, 3.05) is 52.9 Å². The molecule has 2 heterocycles. The molecule has 2 aromatic rings. The molecule has 336 valence electrons. The molecule has 26 nitrogen and oxygen atoms in total. The highest BCUT2D eigenvalue weighted by molar-refractivity contribution is 5.91. The minimum Gasteiger partial charge on any atom is -0.370 e. The number of nitrogens with one attached hydrogen (secondary N) is 10. The average Bonchev–Trinajstić information content (AvgIpc) is 3.17. The summed E-state index contributed by atoms with van der Waals surface area (Å²) in [6.45, 7) is 2.37. The van der Waals surface area contributed by atoms with Crippen molar-refractivity contribution >= 4 is 47.4 Å². The molecule has 0 aliphatic carbocycles. The largest absolute Gasteiger partial charge is 0.370 e. The lowest BCUT2D eigenvalue weighted by molar-refractivity contribution is -0.138. The maximum atomic E-state index is 13.6. The number of guanidine groups is 2.